The van der Waals surface area contributed by atoms with Crippen molar-refractivity contribution in [1.82, 2.24) is 9.88 Å². The van der Waals surface area contributed by atoms with Crippen molar-refractivity contribution in [3.63, 3.8) is 0 Å². The van der Waals surface area contributed by atoms with E-state index in [0.717, 1.165) is 0 Å². The standard InChI is InChI=1S/C13H11F3N2O3/c14-13(15,16)7-18(6-11(19)20)12(21)9-2-1-3-10-8(9)4-5-17-10/h1-5,17H,6-7H2,(H,19,20). The van der Waals surface area contributed by atoms with E-state index in [-0.39, 0.29) is 10.5 Å². The molecule has 0 aliphatic heterocycles. The highest BCUT2D eigenvalue weighted by Crippen LogP contribution is 2.22. The van der Waals surface area contributed by atoms with Crippen LogP contribution >= 0.6 is 0 Å². The van der Waals surface area contributed by atoms with E-state index in [1.807, 2.05) is 0 Å². The number of alkyl halides is 3. The lowest BCUT2D eigenvalue weighted by Gasteiger charge is -2.22. The number of rotatable bonds is 4. The van der Waals surface area contributed by atoms with Crippen molar-refractivity contribution < 1.29 is 27.9 Å². The molecular weight excluding hydrogens is 289 g/mol. The Morgan fingerprint density at radius 1 is 1.24 bits per heavy atom. The van der Waals surface area contributed by atoms with Crippen LogP contribution in [-0.2, 0) is 4.79 Å². The van der Waals surface area contributed by atoms with Crippen LogP contribution in [0, 0.1) is 0 Å². The van der Waals surface area contributed by atoms with Crippen LogP contribution in [0.4, 0.5) is 13.2 Å². The molecule has 1 amide bonds. The summed E-state index contributed by atoms with van der Waals surface area (Å²) in [6.45, 7) is -2.63. The Bertz CT molecular complexity index is 679. The number of benzene rings is 1. The first-order chi connectivity index (χ1) is 9.78. The number of hydrogen-bond donors (Lipinski definition) is 2. The van der Waals surface area contributed by atoms with Crippen LogP contribution in [0.5, 0.6) is 0 Å². The van der Waals surface area contributed by atoms with Gasteiger partial charge in [-0.25, -0.2) is 0 Å². The van der Waals surface area contributed by atoms with Gasteiger partial charge in [0.2, 0.25) is 0 Å². The van der Waals surface area contributed by atoms with Crippen molar-refractivity contribution in [3.8, 4) is 0 Å². The zero-order chi connectivity index (χ0) is 15.6. The number of nitrogens with zero attached hydrogens (tertiary/aromatic N) is 1. The second-order valence-electron chi connectivity index (χ2n) is 4.41. The number of halogens is 3. The number of carbonyl (C=O) groups is 2. The Balaban J connectivity index is 2.37. The van der Waals surface area contributed by atoms with Gasteiger partial charge in [0.25, 0.3) is 5.91 Å². The normalized spacial score (nSPS) is 11.6. The van der Waals surface area contributed by atoms with Crippen molar-refractivity contribution >= 4 is 22.8 Å². The molecule has 0 unspecified atom stereocenters. The number of carboxylic acids is 1. The van der Waals surface area contributed by atoms with Gasteiger partial charge in [-0.2, -0.15) is 13.2 Å². The number of nitrogens with one attached hydrogen (secondary N) is 1. The molecule has 5 nitrogen and oxygen atoms in total. The third-order valence-corrected chi connectivity index (χ3v) is 2.81. The summed E-state index contributed by atoms with van der Waals surface area (Å²) in [4.78, 5) is 26.0. The summed E-state index contributed by atoms with van der Waals surface area (Å²) in [5, 5.41) is 9.13. The highest BCUT2D eigenvalue weighted by Gasteiger charge is 2.34. The minimum absolute atomic E-state index is 0.0271. The lowest BCUT2D eigenvalue weighted by molar-refractivity contribution is -0.149. The van der Waals surface area contributed by atoms with E-state index in [1.54, 1.807) is 18.3 Å². The molecule has 0 aliphatic carbocycles. The van der Waals surface area contributed by atoms with E-state index in [9.17, 15) is 22.8 Å². The molecule has 0 atom stereocenters. The number of fused-ring (bicyclic) bond motifs is 1. The second-order valence-corrected chi connectivity index (χ2v) is 4.41. The maximum atomic E-state index is 12.5. The Morgan fingerprint density at radius 2 is 1.95 bits per heavy atom. The van der Waals surface area contributed by atoms with Gasteiger partial charge in [-0.3, -0.25) is 9.59 Å². The predicted molar refractivity (Wildman–Crippen MR) is 67.9 cm³/mol. The number of aromatic amines is 1. The Hall–Kier alpha value is -2.51. The average Bonchev–Trinajstić information content (AvgIpc) is 2.82. The predicted octanol–water partition coefficient (Wildman–Crippen LogP) is 2.26. The molecule has 8 heteroatoms. The monoisotopic (exact) mass is 300 g/mol. The summed E-state index contributed by atoms with van der Waals surface area (Å²) < 4.78 is 37.5. The summed E-state index contributed by atoms with van der Waals surface area (Å²) in [7, 11) is 0. The quantitative estimate of drug-likeness (QED) is 0.909. The van der Waals surface area contributed by atoms with Crippen LogP contribution in [0.15, 0.2) is 30.5 Å². The van der Waals surface area contributed by atoms with Crippen LogP contribution < -0.4 is 0 Å². The van der Waals surface area contributed by atoms with Crippen molar-refractivity contribution in [1.29, 1.82) is 0 Å². The van der Waals surface area contributed by atoms with Crippen LogP contribution in [0.25, 0.3) is 10.9 Å². The van der Waals surface area contributed by atoms with E-state index in [0.29, 0.717) is 10.9 Å². The molecule has 1 aromatic carbocycles. The fourth-order valence-corrected chi connectivity index (χ4v) is 2.02. The van der Waals surface area contributed by atoms with Crippen LogP contribution in [0.2, 0.25) is 0 Å². The van der Waals surface area contributed by atoms with Crippen molar-refractivity contribution in [2.75, 3.05) is 13.1 Å². The molecule has 2 rings (SSSR count). The Kier molecular flexibility index (Phi) is 3.88. The fraction of sp³-hybridized carbons (Fsp3) is 0.231. The second kappa shape index (κ2) is 5.47. The molecule has 2 N–H and O–H groups in total. The summed E-state index contributed by atoms with van der Waals surface area (Å²) in [5.41, 5.74) is 0.613. The van der Waals surface area contributed by atoms with E-state index >= 15 is 0 Å². The molecule has 0 bridgehead atoms. The van der Waals surface area contributed by atoms with Gasteiger partial charge in [0.1, 0.15) is 13.1 Å². The van der Waals surface area contributed by atoms with E-state index in [4.69, 9.17) is 5.11 Å². The van der Waals surface area contributed by atoms with Gasteiger partial charge in [-0.15, -0.1) is 0 Å². The SMILES string of the molecule is O=C(O)CN(CC(F)(F)F)C(=O)c1cccc2[nH]ccc12. The van der Waals surface area contributed by atoms with Gasteiger partial charge in [-0.05, 0) is 18.2 Å². The zero-order valence-corrected chi connectivity index (χ0v) is 10.6. The maximum absolute atomic E-state index is 12.5. The number of carbonyl (C=O) groups excluding carboxylic acids is 1. The number of amides is 1. The van der Waals surface area contributed by atoms with Crippen molar-refractivity contribution in [2.45, 2.75) is 6.18 Å². The third kappa shape index (κ3) is 3.53. The molecule has 2 aromatic rings. The highest BCUT2D eigenvalue weighted by molar-refractivity contribution is 6.07. The molecule has 0 saturated carbocycles. The minimum atomic E-state index is -4.67. The largest absolute Gasteiger partial charge is 0.480 e. The van der Waals surface area contributed by atoms with Gasteiger partial charge >= 0.3 is 12.1 Å². The smallest absolute Gasteiger partial charge is 0.406 e. The van der Waals surface area contributed by atoms with Crippen molar-refractivity contribution in [3.05, 3.63) is 36.0 Å². The highest BCUT2D eigenvalue weighted by atomic mass is 19.4. The number of H-pyrrole nitrogens is 1. The van der Waals surface area contributed by atoms with E-state index in [1.165, 1.54) is 12.1 Å². The number of hydrogen-bond acceptors (Lipinski definition) is 2. The molecule has 1 heterocycles. The molecule has 1 aromatic heterocycles. The molecule has 112 valence electrons. The third-order valence-electron chi connectivity index (χ3n) is 2.81. The molecule has 0 aliphatic rings. The van der Waals surface area contributed by atoms with Gasteiger partial charge in [0, 0.05) is 22.7 Å². The van der Waals surface area contributed by atoms with E-state index < -0.39 is 31.1 Å². The lowest BCUT2D eigenvalue weighted by atomic mass is 10.1. The summed E-state index contributed by atoms with van der Waals surface area (Å²) in [5.74, 6) is -2.48. The Morgan fingerprint density at radius 3 is 2.57 bits per heavy atom. The minimum Gasteiger partial charge on any atom is -0.480 e. The van der Waals surface area contributed by atoms with Crippen molar-refractivity contribution in [2.24, 2.45) is 0 Å². The average molecular weight is 300 g/mol. The van der Waals surface area contributed by atoms with Gasteiger partial charge in [0.05, 0.1) is 0 Å². The summed E-state index contributed by atoms with van der Waals surface area (Å²) in [6.07, 6.45) is -3.12. The molecule has 0 saturated heterocycles. The zero-order valence-electron chi connectivity index (χ0n) is 10.6. The first-order valence-electron chi connectivity index (χ1n) is 5.92. The topological polar surface area (TPSA) is 73.4 Å². The number of aromatic nitrogens is 1. The Labute approximate surface area is 117 Å². The molecule has 0 fully saturated rings. The van der Waals surface area contributed by atoms with Crippen LogP contribution in [0.3, 0.4) is 0 Å². The molecule has 0 radical (unpaired) electrons. The fourth-order valence-electron chi connectivity index (χ4n) is 2.02. The van der Waals surface area contributed by atoms with Gasteiger partial charge in [-0.1, -0.05) is 6.07 Å². The number of carboxylic acid groups (broad SMARTS) is 1. The molecular formula is C13H11F3N2O3. The molecule has 0 spiro atoms. The van der Waals surface area contributed by atoms with Gasteiger partial charge in [0.15, 0.2) is 0 Å². The summed E-state index contributed by atoms with van der Waals surface area (Å²) in [6, 6.07) is 6.09. The first-order valence-corrected chi connectivity index (χ1v) is 5.92. The maximum Gasteiger partial charge on any atom is 0.406 e. The summed E-state index contributed by atoms with van der Waals surface area (Å²) >= 11 is 0. The van der Waals surface area contributed by atoms with E-state index in [2.05, 4.69) is 4.98 Å². The van der Waals surface area contributed by atoms with Crippen LogP contribution in [-0.4, -0.2) is 46.1 Å². The van der Waals surface area contributed by atoms with Gasteiger partial charge < -0.3 is 15.0 Å². The lowest BCUT2D eigenvalue weighted by Crippen LogP contribution is -2.42. The van der Waals surface area contributed by atoms with Crippen LogP contribution in [0.1, 0.15) is 10.4 Å². The molecule has 21 heavy (non-hydrogen) atoms. The first kappa shape index (κ1) is 14.9. The number of aliphatic carboxylic acids is 1.